The molecule has 0 unspecified atom stereocenters. The molecule has 3 aromatic carbocycles. The molecular formula is C21H19FN2O4S. The number of carbonyl (C=O) groups is 1. The predicted octanol–water partition coefficient (Wildman–Crippen LogP) is 3.68. The van der Waals surface area contributed by atoms with Crippen molar-refractivity contribution < 1.29 is 22.7 Å². The number of carbonyl (C=O) groups excluding carboxylic acids is 1. The number of benzene rings is 3. The van der Waals surface area contributed by atoms with E-state index in [9.17, 15) is 17.6 Å². The molecule has 0 aliphatic rings. The van der Waals surface area contributed by atoms with Crippen molar-refractivity contribution in [2.24, 2.45) is 0 Å². The van der Waals surface area contributed by atoms with Gasteiger partial charge in [-0.05, 0) is 72.6 Å². The largest absolute Gasteiger partial charge is 0.392 e. The van der Waals surface area contributed by atoms with E-state index in [4.69, 9.17) is 5.11 Å². The first-order valence-corrected chi connectivity index (χ1v) is 10.2. The van der Waals surface area contributed by atoms with Crippen LogP contribution in [0.5, 0.6) is 0 Å². The molecule has 0 heterocycles. The lowest BCUT2D eigenvalue weighted by Crippen LogP contribution is -2.15. The number of nitrogens with one attached hydrogen (secondary N) is 2. The molecule has 0 bridgehead atoms. The topological polar surface area (TPSA) is 95.5 Å². The summed E-state index contributed by atoms with van der Waals surface area (Å²) in [6, 6.07) is 16.2. The molecule has 0 fully saturated rings. The van der Waals surface area contributed by atoms with Gasteiger partial charge < -0.3 is 10.4 Å². The monoisotopic (exact) mass is 414 g/mol. The highest BCUT2D eigenvalue weighted by Gasteiger charge is 2.17. The Hall–Kier alpha value is -3.23. The highest BCUT2D eigenvalue weighted by molar-refractivity contribution is 7.92. The molecule has 150 valence electrons. The highest BCUT2D eigenvalue weighted by atomic mass is 32.2. The van der Waals surface area contributed by atoms with Gasteiger partial charge in [-0.1, -0.05) is 12.1 Å². The van der Waals surface area contributed by atoms with Crippen molar-refractivity contribution in [3.63, 3.8) is 0 Å². The Kier molecular flexibility index (Phi) is 5.95. The van der Waals surface area contributed by atoms with Crippen LogP contribution in [0.4, 0.5) is 15.8 Å². The number of halogens is 1. The van der Waals surface area contributed by atoms with Crippen LogP contribution in [0.3, 0.4) is 0 Å². The Balaban J connectivity index is 1.73. The zero-order valence-electron chi connectivity index (χ0n) is 15.5. The maximum Gasteiger partial charge on any atom is 0.262 e. The molecule has 3 rings (SSSR count). The highest BCUT2D eigenvalue weighted by Crippen LogP contribution is 2.21. The Bertz CT molecular complexity index is 1150. The first-order chi connectivity index (χ1) is 13.8. The summed E-state index contributed by atoms with van der Waals surface area (Å²) in [4.78, 5) is 12.3. The molecule has 0 aliphatic heterocycles. The predicted molar refractivity (Wildman–Crippen MR) is 109 cm³/mol. The molecule has 8 heteroatoms. The minimum Gasteiger partial charge on any atom is -0.392 e. The van der Waals surface area contributed by atoms with Crippen LogP contribution in [-0.2, 0) is 16.6 Å². The second kappa shape index (κ2) is 8.42. The van der Waals surface area contributed by atoms with Gasteiger partial charge in [0.2, 0.25) is 0 Å². The normalized spacial score (nSPS) is 11.1. The lowest BCUT2D eigenvalue weighted by Gasteiger charge is -2.11. The van der Waals surface area contributed by atoms with Gasteiger partial charge in [-0.15, -0.1) is 0 Å². The van der Waals surface area contributed by atoms with Crippen molar-refractivity contribution in [1.29, 1.82) is 0 Å². The second-order valence-corrected chi connectivity index (χ2v) is 8.06. The van der Waals surface area contributed by atoms with Gasteiger partial charge in [-0.25, -0.2) is 12.8 Å². The van der Waals surface area contributed by atoms with E-state index in [-0.39, 0.29) is 23.1 Å². The molecular weight excluding hydrogens is 395 g/mol. The molecule has 0 radical (unpaired) electrons. The Morgan fingerprint density at radius 1 is 1.00 bits per heavy atom. The zero-order valence-corrected chi connectivity index (χ0v) is 16.3. The van der Waals surface area contributed by atoms with E-state index in [0.717, 1.165) is 12.1 Å². The first-order valence-electron chi connectivity index (χ1n) is 8.69. The lowest BCUT2D eigenvalue weighted by molar-refractivity contribution is 0.102. The SMILES string of the molecule is Cc1cc(F)ccc1S(=O)(=O)Nc1ccc(C(=O)Nc2cccc(CO)c2)cc1. The van der Waals surface area contributed by atoms with E-state index < -0.39 is 15.8 Å². The Labute approximate surface area is 168 Å². The molecule has 1 amide bonds. The van der Waals surface area contributed by atoms with Crippen LogP contribution in [0.15, 0.2) is 71.6 Å². The number of anilines is 2. The average molecular weight is 414 g/mol. The molecule has 0 aliphatic carbocycles. The molecule has 3 aromatic rings. The van der Waals surface area contributed by atoms with Gasteiger partial charge in [0.05, 0.1) is 11.5 Å². The van der Waals surface area contributed by atoms with Crippen molar-refractivity contribution in [2.45, 2.75) is 18.4 Å². The van der Waals surface area contributed by atoms with Crippen LogP contribution in [-0.4, -0.2) is 19.4 Å². The van der Waals surface area contributed by atoms with Crippen LogP contribution < -0.4 is 10.0 Å². The number of aryl methyl sites for hydroxylation is 1. The van der Waals surface area contributed by atoms with E-state index in [1.807, 2.05) is 0 Å². The third-order valence-corrected chi connectivity index (χ3v) is 5.73. The lowest BCUT2D eigenvalue weighted by atomic mass is 10.1. The number of amides is 1. The standard InChI is InChI=1S/C21H19FN2O4S/c1-14-11-17(22)7-10-20(14)29(27,28)24-18-8-5-16(6-9-18)21(26)23-19-4-2-3-15(12-19)13-25/h2-12,24-25H,13H2,1H3,(H,23,26). The zero-order chi connectivity index (χ0) is 21.0. The van der Waals surface area contributed by atoms with Gasteiger partial charge in [0.15, 0.2) is 0 Å². The van der Waals surface area contributed by atoms with Crippen molar-refractivity contribution in [2.75, 3.05) is 10.0 Å². The van der Waals surface area contributed by atoms with Crippen LogP contribution in [0.2, 0.25) is 0 Å². The van der Waals surface area contributed by atoms with Crippen molar-refractivity contribution in [3.8, 4) is 0 Å². The number of aliphatic hydroxyl groups excluding tert-OH is 1. The van der Waals surface area contributed by atoms with Gasteiger partial charge >= 0.3 is 0 Å². The Morgan fingerprint density at radius 2 is 1.72 bits per heavy atom. The third kappa shape index (κ3) is 4.98. The van der Waals surface area contributed by atoms with Gasteiger partial charge in [-0.2, -0.15) is 0 Å². The van der Waals surface area contributed by atoms with Crippen molar-refractivity contribution in [3.05, 3.63) is 89.2 Å². The fourth-order valence-electron chi connectivity index (χ4n) is 2.76. The summed E-state index contributed by atoms with van der Waals surface area (Å²) in [6.45, 7) is 1.38. The first kappa shape index (κ1) is 20.5. The molecule has 29 heavy (non-hydrogen) atoms. The Morgan fingerprint density at radius 3 is 2.38 bits per heavy atom. The summed E-state index contributed by atoms with van der Waals surface area (Å²) >= 11 is 0. The summed E-state index contributed by atoms with van der Waals surface area (Å²) in [5, 5.41) is 11.9. The van der Waals surface area contributed by atoms with Crippen LogP contribution in [0, 0.1) is 12.7 Å². The van der Waals surface area contributed by atoms with Gasteiger partial charge in [0, 0.05) is 16.9 Å². The maximum absolute atomic E-state index is 13.2. The van der Waals surface area contributed by atoms with Gasteiger partial charge in [0.25, 0.3) is 15.9 Å². The van der Waals surface area contributed by atoms with E-state index in [1.54, 1.807) is 24.3 Å². The van der Waals surface area contributed by atoms with Gasteiger partial charge in [0.1, 0.15) is 5.82 Å². The van der Waals surface area contributed by atoms with Crippen LogP contribution in [0.1, 0.15) is 21.5 Å². The third-order valence-electron chi connectivity index (χ3n) is 4.19. The summed E-state index contributed by atoms with van der Waals surface area (Å²) in [5.41, 5.74) is 2.10. The van der Waals surface area contributed by atoms with Crippen molar-refractivity contribution >= 4 is 27.3 Å². The molecule has 0 atom stereocenters. The number of aliphatic hydroxyl groups is 1. The van der Waals surface area contributed by atoms with Gasteiger partial charge in [-0.3, -0.25) is 9.52 Å². The summed E-state index contributed by atoms with van der Waals surface area (Å²) in [5.74, 6) is -0.884. The quantitative estimate of drug-likeness (QED) is 0.573. The summed E-state index contributed by atoms with van der Waals surface area (Å²) in [7, 11) is -3.89. The van der Waals surface area contributed by atoms with E-state index in [0.29, 0.717) is 22.4 Å². The minimum absolute atomic E-state index is 0.0236. The van der Waals surface area contributed by atoms with E-state index in [2.05, 4.69) is 10.0 Å². The number of hydrogen-bond acceptors (Lipinski definition) is 4. The molecule has 6 nitrogen and oxygen atoms in total. The minimum atomic E-state index is -3.89. The fraction of sp³-hybridized carbons (Fsp3) is 0.0952. The summed E-state index contributed by atoms with van der Waals surface area (Å²) in [6.07, 6.45) is 0. The molecule has 0 aromatic heterocycles. The molecule has 3 N–H and O–H groups in total. The summed E-state index contributed by atoms with van der Waals surface area (Å²) < 4.78 is 40.7. The van der Waals surface area contributed by atoms with E-state index >= 15 is 0 Å². The van der Waals surface area contributed by atoms with E-state index in [1.165, 1.54) is 37.3 Å². The maximum atomic E-state index is 13.2. The molecule has 0 saturated carbocycles. The smallest absolute Gasteiger partial charge is 0.262 e. The van der Waals surface area contributed by atoms with Crippen LogP contribution >= 0.6 is 0 Å². The second-order valence-electron chi connectivity index (χ2n) is 6.41. The average Bonchev–Trinajstić information content (AvgIpc) is 2.68. The molecule has 0 spiro atoms. The van der Waals surface area contributed by atoms with Crippen molar-refractivity contribution in [1.82, 2.24) is 0 Å². The fourth-order valence-corrected chi connectivity index (χ4v) is 4.05. The van der Waals surface area contributed by atoms with Crippen LogP contribution in [0.25, 0.3) is 0 Å². The number of hydrogen-bond donors (Lipinski definition) is 3. The number of sulfonamides is 1. The molecule has 0 saturated heterocycles. The number of rotatable bonds is 6.